The Hall–Kier alpha value is -2.55. The van der Waals surface area contributed by atoms with E-state index in [1.807, 2.05) is 13.8 Å². The summed E-state index contributed by atoms with van der Waals surface area (Å²) >= 11 is 16.9. The van der Waals surface area contributed by atoms with Gasteiger partial charge in [-0.2, -0.15) is 0 Å². The molecule has 0 spiro atoms. The number of thiocarbonyl (C=S) groups is 1. The van der Waals surface area contributed by atoms with Gasteiger partial charge in [0.15, 0.2) is 11.2 Å². The van der Waals surface area contributed by atoms with Crippen LogP contribution in [0.1, 0.15) is 31.1 Å². The molecule has 0 heterocycles. The van der Waals surface area contributed by atoms with Gasteiger partial charge in [0.25, 0.3) is 11.8 Å². The number of halogens is 2. The van der Waals surface area contributed by atoms with Gasteiger partial charge in [0.2, 0.25) is 0 Å². The lowest BCUT2D eigenvalue weighted by atomic mass is 10.2. The molecule has 0 fully saturated rings. The Kier molecular flexibility index (Phi) is 8.71. The third-order valence-electron chi connectivity index (χ3n) is 3.59. The maximum Gasteiger partial charge on any atom is 0.279 e. The van der Waals surface area contributed by atoms with Gasteiger partial charge in [-0.1, -0.05) is 35.3 Å². The Bertz CT molecular complexity index is 940. The van der Waals surface area contributed by atoms with Crippen molar-refractivity contribution < 1.29 is 19.1 Å². The minimum Gasteiger partial charge on any atom is -0.490 e. The molecule has 30 heavy (non-hydrogen) atoms. The summed E-state index contributed by atoms with van der Waals surface area (Å²) in [5.74, 6) is -0.267. The lowest BCUT2D eigenvalue weighted by molar-refractivity contribution is -0.127. The average Bonchev–Trinajstić information content (AvgIpc) is 2.68. The van der Waals surface area contributed by atoms with E-state index in [0.717, 1.165) is 0 Å². The highest BCUT2D eigenvalue weighted by Gasteiger charge is 2.18. The molecule has 2 amide bonds. The fraction of sp³-hybridized carbons (Fsp3) is 0.250. The van der Waals surface area contributed by atoms with Gasteiger partial charge in [-0.05, 0) is 63.3 Å². The zero-order valence-corrected chi connectivity index (χ0v) is 18.8. The number of hydrogen-bond donors (Lipinski definition) is 3. The number of amides is 2. The fourth-order valence-electron chi connectivity index (χ4n) is 2.25. The van der Waals surface area contributed by atoms with Crippen molar-refractivity contribution in [2.45, 2.75) is 33.0 Å². The third kappa shape index (κ3) is 7.05. The molecule has 10 heteroatoms. The van der Waals surface area contributed by atoms with Crippen molar-refractivity contribution >= 4 is 52.3 Å². The van der Waals surface area contributed by atoms with Crippen LogP contribution in [0.3, 0.4) is 0 Å². The summed E-state index contributed by atoms with van der Waals surface area (Å²) in [6.45, 7) is 5.25. The van der Waals surface area contributed by atoms with Gasteiger partial charge in [-0.3, -0.25) is 25.8 Å². The highest BCUT2D eigenvalue weighted by atomic mass is 35.5. The fourth-order valence-corrected chi connectivity index (χ4v) is 2.84. The molecule has 160 valence electrons. The van der Waals surface area contributed by atoms with Crippen molar-refractivity contribution in [2.75, 3.05) is 0 Å². The zero-order valence-electron chi connectivity index (χ0n) is 16.5. The standard InChI is InChI=1S/C20H21Cl2N3O4S/c1-11(2)28-16-7-5-4-6-14(16)19(27)23-20(30)25-24-18(26)12(3)29-17-9-8-13(21)10-15(17)22/h4-12H,1-3H3,(H,24,26)(H2,23,25,27,30). The van der Waals surface area contributed by atoms with E-state index in [1.54, 1.807) is 36.4 Å². The van der Waals surface area contributed by atoms with E-state index < -0.39 is 17.9 Å². The summed E-state index contributed by atoms with van der Waals surface area (Å²) in [6.07, 6.45) is -0.992. The Labute approximate surface area is 190 Å². The van der Waals surface area contributed by atoms with Gasteiger partial charge in [-0.15, -0.1) is 0 Å². The summed E-state index contributed by atoms with van der Waals surface area (Å²) in [6, 6.07) is 11.4. The minimum atomic E-state index is -0.894. The first-order chi connectivity index (χ1) is 14.2. The number of ether oxygens (including phenoxy) is 2. The van der Waals surface area contributed by atoms with Gasteiger partial charge in [-0.25, -0.2) is 0 Å². The van der Waals surface area contributed by atoms with Crippen LogP contribution in [-0.4, -0.2) is 29.1 Å². The normalized spacial score (nSPS) is 11.4. The van der Waals surface area contributed by atoms with Crippen LogP contribution in [0.5, 0.6) is 11.5 Å². The van der Waals surface area contributed by atoms with Crippen molar-refractivity contribution in [3.8, 4) is 11.5 Å². The maximum absolute atomic E-state index is 12.5. The smallest absolute Gasteiger partial charge is 0.279 e. The van der Waals surface area contributed by atoms with Crippen LogP contribution in [-0.2, 0) is 4.79 Å². The molecule has 1 atom stereocenters. The molecule has 0 saturated carbocycles. The van der Waals surface area contributed by atoms with E-state index in [-0.39, 0.29) is 16.2 Å². The number of rotatable bonds is 6. The summed E-state index contributed by atoms with van der Waals surface area (Å²) < 4.78 is 11.1. The van der Waals surface area contributed by atoms with Crippen LogP contribution in [0.4, 0.5) is 0 Å². The SMILES string of the molecule is CC(C)Oc1ccccc1C(=O)NC(=S)NNC(=O)C(C)Oc1ccc(Cl)cc1Cl. The molecule has 1 unspecified atom stereocenters. The monoisotopic (exact) mass is 469 g/mol. The molecular formula is C20H21Cl2N3O4S. The summed E-state index contributed by atoms with van der Waals surface area (Å²) in [7, 11) is 0. The van der Waals surface area contributed by atoms with Crippen LogP contribution in [0, 0.1) is 0 Å². The molecule has 0 aromatic heterocycles. The average molecular weight is 470 g/mol. The van der Waals surface area contributed by atoms with E-state index in [1.165, 1.54) is 13.0 Å². The second-order valence-corrected chi connectivity index (χ2v) is 7.65. The molecule has 0 saturated heterocycles. The molecule has 0 aliphatic rings. The van der Waals surface area contributed by atoms with Gasteiger partial charge in [0.1, 0.15) is 11.5 Å². The predicted octanol–water partition coefficient (Wildman–Crippen LogP) is 3.88. The topological polar surface area (TPSA) is 88.7 Å². The van der Waals surface area contributed by atoms with Gasteiger partial charge in [0, 0.05) is 5.02 Å². The first-order valence-electron chi connectivity index (χ1n) is 8.96. The van der Waals surface area contributed by atoms with Crippen molar-refractivity contribution in [2.24, 2.45) is 0 Å². The van der Waals surface area contributed by atoms with E-state index in [4.69, 9.17) is 44.9 Å². The van der Waals surface area contributed by atoms with Gasteiger partial charge in [0.05, 0.1) is 16.7 Å². The zero-order chi connectivity index (χ0) is 22.3. The Morgan fingerprint density at radius 1 is 0.967 bits per heavy atom. The maximum atomic E-state index is 12.5. The van der Waals surface area contributed by atoms with Crippen LogP contribution in [0.25, 0.3) is 0 Å². The molecule has 0 aliphatic heterocycles. The quantitative estimate of drug-likeness (QED) is 0.439. The second-order valence-electron chi connectivity index (χ2n) is 6.40. The Morgan fingerprint density at radius 2 is 1.67 bits per heavy atom. The number of nitrogens with one attached hydrogen (secondary N) is 3. The highest BCUT2D eigenvalue weighted by molar-refractivity contribution is 7.80. The van der Waals surface area contributed by atoms with E-state index in [2.05, 4.69) is 16.2 Å². The van der Waals surface area contributed by atoms with E-state index in [9.17, 15) is 9.59 Å². The minimum absolute atomic E-state index is 0.0931. The molecule has 2 aromatic rings. The van der Waals surface area contributed by atoms with Crippen LogP contribution in [0.2, 0.25) is 10.0 Å². The number of hydrogen-bond acceptors (Lipinski definition) is 5. The summed E-state index contributed by atoms with van der Waals surface area (Å²) in [4.78, 5) is 24.7. The van der Waals surface area contributed by atoms with Crippen molar-refractivity contribution in [3.63, 3.8) is 0 Å². The highest BCUT2D eigenvalue weighted by Crippen LogP contribution is 2.28. The molecule has 2 aromatic carbocycles. The first kappa shape index (κ1) is 23.7. The van der Waals surface area contributed by atoms with Crippen LogP contribution >= 0.6 is 35.4 Å². The van der Waals surface area contributed by atoms with Crippen LogP contribution < -0.4 is 25.6 Å². The Morgan fingerprint density at radius 3 is 2.33 bits per heavy atom. The van der Waals surface area contributed by atoms with Crippen molar-refractivity contribution in [1.82, 2.24) is 16.2 Å². The number of para-hydroxylation sites is 1. The summed E-state index contributed by atoms with van der Waals surface area (Å²) in [5, 5.41) is 3.12. The lowest BCUT2D eigenvalue weighted by Crippen LogP contribution is -2.51. The largest absolute Gasteiger partial charge is 0.490 e. The van der Waals surface area contributed by atoms with E-state index in [0.29, 0.717) is 22.1 Å². The molecule has 2 rings (SSSR count). The molecule has 3 N–H and O–H groups in total. The lowest BCUT2D eigenvalue weighted by Gasteiger charge is -2.17. The molecule has 0 radical (unpaired) electrons. The van der Waals surface area contributed by atoms with Crippen molar-refractivity contribution in [3.05, 3.63) is 58.1 Å². The second kappa shape index (κ2) is 11.0. The third-order valence-corrected chi connectivity index (χ3v) is 4.32. The number of carbonyl (C=O) groups is 2. The van der Waals surface area contributed by atoms with Gasteiger partial charge >= 0.3 is 0 Å². The molecular weight excluding hydrogens is 449 g/mol. The molecule has 0 aliphatic carbocycles. The molecule has 7 nitrogen and oxygen atoms in total. The summed E-state index contributed by atoms with van der Waals surface area (Å²) in [5.41, 5.74) is 5.14. The number of benzene rings is 2. The first-order valence-corrected chi connectivity index (χ1v) is 10.1. The Balaban J connectivity index is 1.88. The molecule has 0 bridgehead atoms. The predicted molar refractivity (Wildman–Crippen MR) is 120 cm³/mol. The van der Waals surface area contributed by atoms with E-state index >= 15 is 0 Å². The number of carbonyl (C=O) groups excluding carboxylic acids is 2. The van der Waals surface area contributed by atoms with Crippen LogP contribution in [0.15, 0.2) is 42.5 Å². The van der Waals surface area contributed by atoms with Crippen molar-refractivity contribution in [1.29, 1.82) is 0 Å². The van der Waals surface area contributed by atoms with Gasteiger partial charge < -0.3 is 9.47 Å². The number of hydrazine groups is 1.